The van der Waals surface area contributed by atoms with Crippen LogP contribution in [0.25, 0.3) is 0 Å². The van der Waals surface area contributed by atoms with Crippen molar-refractivity contribution >= 4 is 0 Å². The van der Waals surface area contributed by atoms with E-state index in [0.29, 0.717) is 5.92 Å². The summed E-state index contributed by atoms with van der Waals surface area (Å²) < 4.78 is 3.94. The molecule has 5 heteroatoms. The minimum absolute atomic E-state index is 0.0180. The molecule has 0 saturated carbocycles. The molecule has 2 aromatic rings. The molecule has 1 unspecified atom stereocenters. The fraction of sp³-hybridized carbons (Fsp3) is 0.538. The fourth-order valence-electron chi connectivity index (χ4n) is 2.07. The minimum Gasteiger partial charge on any atom is -0.329 e. The van der Waals surface area contributed by atoms with Gasteiger partial charge in [-0.05, 0) is 12.8 Å². The summed E-state index contributed by atoms with van der Waals surface area (Å²) in [6.45, 7) is 7.04. The Morgan fingerprint density at radius 1 is 1.39 bits per heavy atom. The van der Waals surface area contributed by atoms with Crippen LogP contribution in [-0.2, 0) is 13.6 Å². The molecule has 0 aliphatic heterocycles. The van der Waals surface area contributed by atoms with Crippen LogP contribution in [0.3, 0.4) is 0 Å². The number of rotatable bonds is 4. The number of nitrogens with two attached hydrogens (primary N) is 1. The van der Waals surface area contributed by atoms with Gasteiger partial charge in [-0.15, -0.1) is 0 Å². The average molecular weight is 247 g/mol. The molecule has 0 radical (unpaired) electrons. The molecule has 0 aliphatic carbocycles. The topological polar surface area (TPSA) is 61.7 Å². The maximum atomic E-state index is 6.20. The van der Waals surface area contributed by atoms with Crippen LogP contribution in [0.15, 0.2) is 18.7 Å². The van der Waals surface area contributed by atoms with Gasteiger partial charge in [0.25, 0.3) is 0 Å². The first kappa shape index (κ1) is 12.8. The van der Waals surface area contributed by atoms with Gasteiger partial charge in [0, 0.05) is 31.0 Å². The number of hydrogen-bond donors (Lipinski definition) is 1. The van der Waals surface area contributed by atoms with Gasteiger partial charge in [-0.25, -0.2) is 4.98 Å². The van der Waals surface area contributed by atoms with Gasteiger partial charge in [-0.1, -0.05) is 13.8 Å². The molecule has 18 heavy (non-hydrogen) atoms. The van der Waals surface area contributed by atoms with E-state index in [9.17, 15) is 0 Å². The highest BCUT2D eigenvalue weighted by Crippen LogP contribution is 2.19. The van der Waals surface area contributed by atoms with E-state index in [4.69, 9.17) is 5.73 Å². The molecule has 0 spiro atoms. The molecular weight excluding hydrogens is 226 g/mol. The molecule has 98 valence electrons. The van der Waals surface area contributed by atoms with Crippen molar-refractivity contribution < 1.29 is 0 Å². The van der Waals surface area contributed by atoms with E-state index in [1.165, 1.54) is 5.56 Å². The molecule has 0 aliphatic rings. The predicted molar refractivity (Wildman–Crippen MR) is 71.0 cm³/mol. The van der Waals surface area contributed by atoms with Crippen LogP contribution < -0.4 is 5.73 Å². The van der Waals surface area contributed by atoms with E-state index in [2.05, 4.69) is 28.5 Å². The zero-order valence-corrected chi connectivity index (χ0v) is 11.5. The van der Waals surface area contributed by atoms with Crippen LogP contribution in [0.5, 0.6) is 0 Å². The van der Waals surface area contributed by atoms with E-state index in [1.807, 2.05) is 37.4 Å². The first-order valence-corrected chi connectivity index (χ1v) is 6.23. The van der Waals surface area contributed by atoms with Crippen molar-refractivity contribution in [3.63, 3.8) is 0 Å². The van der Waals surface area contributed by atoms with E-state index >= 15 is 0 Å². The second-order valence-electron chi connectivity index (χ2n) is 5.13. The number of imidazole rings is 1. The van der Waals surface area contributed by atoms with Crippen LogP contribution >= 0.6 is 0 Å². The summed E-state index contributed by atoms with van der Waals surface area (Å²) in [5, 5.41) is 4.35. The van der Waals surface area contributed by atoms with Gasteiger partial charge in [-0.2, -0.15) is 5.10 Å². The van der Waals surface area contributed by atoms with Crippen molar-refractivity contribution in [2.45, 2.75) is 33.4 Å². The third kappa shape index (κ3) is 2.46. The smallest absolute Gasteiger partial charge is 0.0951 e. The van der Waals surface area contributed by atoms with Gasteiger partial charge < -0.3 is 10.3 Å². The van der Waals surface area contributed by atoms with Crippen molar-refractivity contribution in [2.75, 3.05) is 0 Å². The molecule has 2 N–H and O–H groups in total. The lowest BCUT2D eigenvalue weighted by atomic mass is 10.0. The van der Waals surface area contributed by atoms with Crippen molar-refractivity contribution in [1.29, 1.82) is 0 Å². The van der Waals surface area contributed by atoms with Gasteiger partial charge in [-0.3, -0.25) is 4.68 Å². The second-order valence-corrected chi connectivity index (χ2v) is 5.13. The molecule has 0 fully saturated rings. The van der Waals surface area contributed by atoms with Gasteiger partial charge >= 0.3 is 0 Å². The molecule has 0 saturated heterocycles. The molecule has 0 bridgehead atoms. The second kappa shape index (κ2) is 4.94. The Morgan fingerprint density at radius 2 is 2.11 bits per heavy atom. The third-order valence-electron chi connectivity index (χ3n) is 3.26. The Kier molecular flexibility index (Phi) is 3.52. The molecular formula is C13H21N5. The van der Waals surface area contributed by atoms with Crippen molar-refractivity contribution in [2.24, 2.45) is 18.7 Å². The normalized spacial score (nSPS) is 13.2. The number of aromatic nitrogens is 4. The molecule has 5 nitrogen and oxygen atoms in total. The Bertz CT molecular complexity index is 523. The Labute approximate surface area is 108 Å². The zero-order valence-electron chi connectivity index (χ0n) is 11.5. The van der Waals surface area contributed by atoms with Crippen LogP contribution in [0.1, 0.15) is 36.8 Å². The molecule has 2 aromatic heterocycles. The maximum Gasteiger partial charge on any atom is 0.0951 e. The number of nitrogens with zero attached hydrogens (tertiary/aromatic N) is 4. The standard InChI is InChI=1S/C13H21N5/c1-9(2)13(14)12-5-15-8-18(12)7-11-6-17(4)16-10(11)3/h5-6,8-9,13H,7,14H2,1-4H3. The summed E-state index contributed by atoms with van der Waals surface area (Å²) >= 11 is 0. The third-order valence-corrected chi connectivity index (χ3v) is 3.26. The van der Waals surface area contributed by atoms with E-state index < -0.39 is 0 Å². The first-order valence-electron chi connectivity index (χ1n) is 6.23. The molecule has 0 amide bonds. The highest BCUT2D eigenvalue weighted by molar-refractivity contribution is 5.17. The van der Waals surface area contributed by atoms with E-state index in [1.54, 1.807) is 0 Å². The Balaban J connectivity index is 2.25. The predicted octanol–water partition coefficient (Wildman–Crippen LogP) is 1.63. The summed E-state index contributed by atoms with van der Waals surface area (Å²) in [7, 11) is 1.94. The summed E-state index contributed by atoms with van der Waals surface area (Å²) in [6.07, 6.45) is 5.74. The zero-order chi connectivity index (χ0) is 13.3. The molecule has 1 atom stereocenters. The first-order chi connectivity index (χ1) is 8.49. The minimum atomic E-state index is 0.0180. The van der Waals surface area contributed by atoms with E-state index in [-0.39, 0.29) is 6.04 Å². The lowest BCUT2D eigenvalue weighted by molar-refractivity contribution is 0.484. The fourth-order valence-corrected chi connectivity index (χ4v) is 2.07. The summed E-state index contributed by atoms with van der Waals surface area (Å²) in [6, 6.07) is 0.0180. The van der Waals surface area contributed by atoms with E-state index in [0.717, 1.165) is 17.9 Å². The lowest BCUT2D eigenvalue weighted by Crippen LogP contribution is -2.20. The summed E-state index contributed by atoms with van der Waals surface area (Å²) in [5.41, 5.74) is 9.53. The van der Waals surface area contributed by atoms with Crippen molar-refractivity contribution in [3.8, 4) is 0 Å². The Hall–Kier alpha value is -1.62. The summed E-state index contributed by atoms with van der Waals surface area (Å²) in [5.74, 6) is 0.399. The highest BCUT2D eigenvalue weighted by atomic mass is 15.3. The molecule has 0 aromatic carbocycles. The quantitative estimate of drug-likeness (QED) is 0.893. The van der Waals surface area contributed by atoms with Crippen molar-refractivity contribution in [3.05, 3.63) is 35.7 Å². The molecule has 2 heterocycles. The largest absolute Gasteiger partial charge is 0.329 e. The molecule has 2 rings (SSSR count). The van der Waals surface area contributed by atoms with Gasteiger partial charge in [0.05, 0.1) is 24.3 Å². The van der Waals surface area contributed by atoms with Gasteiger partial charge in [0.2, 0.25) is 0 Å². The van der Waals surface area contributed by atoms with Gasteiger partial charge in [0.1, 0.15) is 0 Å². The summed E-state index contributed by atoms with van der Waals surface area (Å²) in [4.78, 5) is 4.21. The van der Waals surface area contributed by atoms with Crippen LogP contribution in [0, 0.1) is 12.8 Å². The lowest BCUT2D eigenvalue weighted by Gasteiger charge is -2.17. The van der Waals surface area contributed by atoms with Crippen LogP contribution in [-0.4, -0.2) is 19.3 Å². The maximum absolute atomic E-state index is 6.20. The highest BCUT2D eigenvalue weighted by Gasteiger charge is 2.16. The van der Waals surface area contributed by atoms with Crippen molar-refractivity contribution in [1.82, 2.24) is 19.3 Å². The van der Waals surface area contributed by atoms with Crippen LogP contribution in [0.2, 0.25) is 0 Å². The number of aryl methyl sites for hydroxylation is 2. The Morgan fingerprint density at radius 3 is 2.67 bits per heavy atom. The average Bonchev–Trinajstić information content (AvgIpc) is 2.86. The SMILES string of the molecule is Cc1nn(C)cc1Cn1cncc1C(N)C(C)C. The van der Waals surface area contributed by atoms with Crippen LogP contribution in [0.4, 0.5) is 0 Å². The monoisotopic (exact) mass is 247 g/mol. The number of hydrogen-bond acceptors (Lipinski definition) is 3. The van der Waals surface area contributed by atoms with Gasteiger partial charge in [0.15, 0.2) is 0 Å².